The Kier molecular flexibility index (Phi) is 4.47. The van der Waals surface area contributed by atoms with Crippen molar-refractivity contribution in [2.24, 2.45) is 0 Å². The van der Waals surface area contributed by atoms with E-state index in [2.05, 4.69) is 0 Å². The maximum absolute atomic E-state index is 12.9. The van der Waals surface area contributed by atoms with Gasteiger partial charge in [0.15, 0.2) is 5.65 Å². The molecule has 2 aromatic carbocycles. The smallest absolute Gasteiger partial charge is 0.344 e. The minimum atomic E-state index is -0.479. The Bertz CT molecular complexity index is 1180. The van der Waals surface area contributed by atoms with Crippen LogP contribution in [-0.2, 0) is 4.74 Å². The van der Waals surface area contributed by atoms with Gasteiger partial charge in [-0.1, -0.05) is 36.8 Å². The lowest BCUT2D eigenvalue weighted by Crippen LogP contribution is -2.15. The lowest BCUT2D eigenvalue weighted by atomic mass is 10.2. The molecule has 6 heteroatoms. The summed E-state index contributed by atoms with van der Waals surface area (Å²) in [6.45, 7) is 5.83. The molecule has 28 heavy (non-hydrogen) atoms. The van der Waals surface area contributed by atoms with E-state index in [0.29, 0.717) is 16.7 Å². The second-order valence-electron chi connectivity index (χ2n) is 6.94. The lowest BCUT2D eigenvalue weighted by molar-refractivity contribution is 0.0338. The van der Waals surface area contributed by atoms with Crippen LogP contribution in [0.25, 0.3) is 27.9 Å². The van der Waals surface area contributed by atoms with Crippen LogP contribution in [0.15, 0.2) is 48.5 Å². The maximum atomic E-state index is 12.9. The molecule has 0 spiro atoms. The molecule has 0 aliphatic heterocycles. The van der Waals surface area contributed by atoms with Crippen molar-refractivity contribution in [3.8, 4) is 5.69 Å². The third-order valence-corrected chi connectivity index (χ3v) is 4.88. The number of anilines is 1. The average molecular weight is 374 g/mol. The molecule has 0 radical (unpaired) electrons. The lowest BCUT2D eigenvalue weighted by Gasteiger charge is -2.11. The predicted octanol–water partition coefficient (Wildman–Crippen LogP) is 4.42. The molecule has 2 N–H and O–H groups in total. The van der Waals surface area contributed by atoms with Gasteiger partial charge >= 0.3 is 5.97 Å². The molecule has 0 saturated carbocycles. The van der Waals surface area contributed by atoms with E-state index >= 15 is 0 Å². The minimum Gasteiger partial charge on any atom is -0.459 e. The van der Waals surface area contributed by atoms with Crippen molar-refractivity contribution in [3.05, 3.63) is 59.7 Å². The van der Waals surface area contributed by atoms with Crippen LogP contribution in [-0.4, -0.2) is 26.6 Å². The molecular weight excluding hydrogens is 352 g/mol. The number of aryl methyl sites for hydroxylation is 1. The van der Waals surface area contributed by atoms with Crippen LogP contribution in [0.5, 0.6) is 0 Å². The maximum Gasteiger partial charge on any atom is 0.344 e. The van der Waals surface area contributed by atoms with Gasteiger partial charge in [-0.05, 0) is 44.5 Å². The fourth-order valence-electron chi connectivity index (χ4n) is 3.14. The van der Waals surface area contributed by atoms with E-state index in [9.17, 15) is 4.79 Å². The third kappa shape index (κ3) is 2.97. The number of ether oxygens (including phenoxy) is 1. The van der Waals surface area contributed by atoms with E-state index in [1.165, 1.54) is 0 Å². The zero-order chi connectivity index (χ0) is 19.8. The monoisotopic (exact) mass is 374 g/mol. The molecule has 1 atom stereocenters. The fraction of sp³-hybridized carbons (Fsp3) is 0.227. The third-order valence-electron chi connectivity index (χ3n) is 4.88. The van der Waals surface area contributed by atoms with E-state index in [0.717, 1.165) is 23.2 Å². The van der Waals surface area contributed by atoms with Gasteiger partial charge in [0.05, 0.1) is 17.1 Å². The number of esters is 1. The first-order valence-electron chi connectivity index (χ1n) is 9.34. The zero-order valence-electron chi connectivity index (χ0n) is 16.1. The van der Waals surface area contributed by atoms with Crippen molar-refractivity contribution in [2.75, 3.05) is 5.73 Å². The summed E-state index contributed by atoms with van der Waals surface area (Å²) in [5.74, 6) is -0.199. The highest BCUT2D eigenvalue weighted by atomic mass is 16.5. The summed E-state index contributed by atoms with van der Waals surface area (Å²) < 4.78 is 7.32. The zero-order valence-corrected chi connectivity index (χ0v) is 16.1. The molecule has 0 amide bonds. The van der Waals surface area contributed by atoms with Crippen molar-refractivity contribution >= 4 is 34.0 Å². The number of benzene rings is 2. The predicted molar refractivity (Wildman–Crippen MR) is 111 cm³/mol. The summed E-state index contributed by atoms with van der Waals surface area (Å²) >= 11 is 0. The summed E-state index contributed by atoms with van der Waals surface area (Å²) in [6, 6.07) is 15.4. The van der Waals surface area contributed by atoms with Gasteiger partial charge in [-0.3, -0.25) is 4.57 Å². The van der Waals surface area contributed by atoms with Crippen molar-refractivity contribution in [2.45, 2.75) is 33.3 Å². The molecule has 0 bridgehead atoms. The fourth-order valence-corrected chi connectivity index (χ4v) is 3.14. The van der Waals surface area contributed by atoms with Crippen molar-refractivity contribution in [1.82, 2.24) is 14.5 Å². The number of para-hydroxylation sites is 2. The number of carbonyl (C=O) groups excluding carboxylic acids is 1. The van der Waals surface area contributed by atoms with Gasteiger partial charge in [-0.25, -0.2) is 14.8 Å². The standard InChI is InChI=1S/C22H22N4O2/c1-4-14(3)28-22(27)18-19-21(25-17-8-6-5-7-16(17)24-19)26(20(18)23)15-11-9-13(2)10-12-15/h5-12,14H,4,23H2,1-3H3/t14-/m1/s1. The molecule has 0 aliphatic carbocycles. The highest BCUT2D eigenvalue weighted by Crippen LogP contribution is 2.31. The van der Waals surface area contributed by atoms with Gasteiger partial charge in [0, 0.05) is 5.69 Å². The minimum absolute atomic E-state index is 0.210. The van der Waals surface area contributed by atoms with Gasteiger partial charge in [0.1, 0.15) is 16.9 Å². The molecule has 142 valence electrons. The molecule has 0 unspecified atom stereocenters. The number of nitrogens with zero attached hydrogens (tertiary/aromatic N) is 3. The second kappa shape index (κ2) is 6.96. The van der Waals surface area contributed by atoms with Gasteiger partial charge in [-0.15, -0.1) is 0 Å². The van der Waals surface area contributed by atoms with Crippen molar-refractivity contribution in [3.63, 3.8) is 0 Å². The summed E-state index contributed by atoms with van der Waals surface area (Å²) in [6.07, 6.45) is 0.509. The summed E-state index contributed by atoms with van der Waals surface area (Å²) in [7, 11) is 0. The Morgan fingerprint density at radius 1 is 1.11 bits per heavy atom. The van der Waals surface area contributed by atoms with Crippen molar-refractivity contribution < 1.29 is 9.53 Å². The largest absolute Gasteiger partial charge is 0.459 e. The van der Waals surface area contributed by atoms with E-state index in [4.69, 9.17) is 20.4 Å². The first-order chi connectivity index (χ1) is 13.5. The highest BCUT2D eigenvalue weighted by molar-refractivity contribution is 6.09. The Balaban J connectivity index is 2.02. The molecule has 2 aromatic heterocycles. The van der Waals surface area contributed by atoms with Crippen LogP contribution in [0.4, 0.5) is 5.82 Å². The van der Waals surface area contributed by atoms with E-state index < -0.39 is 5.97 Å². The summed E-state index contributed by atoms with van der Waals surface area (Å²) in [5, 5.41) is 0. The number of rotatable bonds is 4. The van der Waals surface area contributed by atoms with Crippen LogP contribution in [0.3, 0.4) is 0 Å². The van der Waals surface area contributed by atoms with Crippen LogP contribution in [0.2, 0.25) is 0 Å². The molecule has 4 rings (SSSR count). The molecular formula is C22H22N4O2. The Morgan fingerprint density at radius 2 is 1.75 bits per heavy atom. The van der Waals surface area contributed by atoms with Gasteiger partial charge in [0.2, 0.25) is 0 Å². The Hall–Kier alpha value is -3.41. The van der Waals surface area contributed by atoms with Gasteiger partial charge < -0.3 is 10.5 Å². The molecule has 4 aromatic rings. The Morgan fingerprint density at radius 3 is 2.39 bits per heavy atom. The Labute approximate surface area is 163 Å². The molecule has 0 aliphatic rings. The quantitative estimate of drug-likeness (QED) is 0.535. The van der Waals surface area contributed by atoms with Crippen LogP contribution >= 0.6 is 0 Å². The molecule has 0 saturated heterocycles. The molecule has 2 heterocycles. The second-order valence-corrected chi connectivity index (χ2v) is 6.94. The van der Waals surface area contributed by atoms with Crippen LogP contribution < -0.4 is 5.73 Å². The number of carbonyl (C=O) groups is 1. The number of nitrogen functional groups attached to an aromatic ring is 1. The molecule has 6 nitrogen and oxygen atoms in total. The van der Waals surface area contributed by atoms with Gasteiger partial charge in [-0.2, -0.15) is 0 Å². The number of aromatic nitrogens is 3. The first-order valence-corrected chi connectivity index (χ1v) is 9.34. The normalized spacial score (nSPS) is 12.4. The summed E-state index contributed by atoms with van der Waals surface area (Å²) in [4.78, 5) is 22.3. The SMILES string of the molecule is CC[C@@H](C)OC(=O)c1c(N)n(-c2ccc(C)cc2)c2nc3ccccc3nc12. The van der Waals surface area contributed by atoms with Crippen molar-refractivity contribution in [1.29, 1.82) is 0 Å². The number of hydrogen-bond donors (Lipinski definition) is 1. The first kappa shape index (κ1) is 18.0. The van der Waals surface area contributed by atoms with Gasteiger partial charge in [0.25, 0.3) is 0 Å². The average Bonchev–Trinajstić information content (AvgIpc) is 2.97. The summed E-state index contributed by atoms with van der Waals surface area (Å²) in [5.41, 5.74) is 11.1. The van der Waals surface area contributed by atoms with Crippen LogP contribution in [0.1, 0.15) is 36.2 Å². The topological polar surface area (TPSA) is 83.0 Å². The van der Waals surface area contributed by atoms with E-state index in [-0.39, 0.29) is 17.5 Å². The number of nitrogens with two attached hydrogens (primary N) is 1. The van der Waals surface area contributed by atoms with E-state index in [1.54, 1.807) is 4.57 Å². The van der Waals surface area contributed by atoms with Crippen LogP contribution in [0, 0.1) is 6.92 Å². The highest BCUT2D eigenvalue weighted by Gasteiger charge is 2.26. The number of hydrogen-bond acceptors (Lipinski definition) is 5. The van der Waals surface area contributed by atoms with E-state index in [1.807, 2.05) is 69.3 Å². The molecule has 0 fully saturated rings. The number of fused-ring (bicyclic) bond motifs is 2.